The number of likely N-dealkylation sites (tertiary alicyclic amines) is 1. The van der Waals surface area contributed by atoms with Crippen molar-refractivity contribution < 1.29 is 4.79 Å². The SMILES string of the molecule is NC(=O)c1ccccc1N1CCC(NCC2CN(C(c3ccccc3)c3ccccc3)C2)CC1. The Morgan fingerprint density at radius 2 is 1.41 bits per heavy atom. The van der Waals surface area contributed by atoms with Crippen LogP contribution in [0.25, 0.3) is 0 Å². The number of piperidine rings is 1. The van der Waals surface area contributed by atoms with Gasteiger partial charge >= 0.3 is 0 Å². The molecule has 176 valence electrons. The highest BCUT2D eigenvalue weighted by atomic mass is 16.1. The Balaban J connectivity index is 1.12. The second kappa shape index (κ2) is 10.4. The normalized spacial score (nSPS) is 17.6. The Morgan fingerprint density at radius 1 is 0.853 bits per heavy atom. The molecule has 5 rings (SSSR count). The smallest absolute Gasteiger partial charge is 0.250 e. The van der Waals surface area contributed by atoms with Gasteiger partial charge in [0.15, 0.2) is 0 Å². The van der Waals surface area contributed by atoms with Crippen LogP contribution in [0.2, 0.25) is 0 Å². The lowest BCUT2D eigenvalue weighted by atomic mass is 9.90. The van der Waals surface area contributed by atoms with Crippen LogP contribution in [0, 0.1) is 5.92 Å². The lowest BCUT2D eigenvalue weighted by Gasteiger charge is -2.45. The number of nitrogens with zero attached hydrogens (tertiary/aromatic N) is 2. The fourth-order valence-corrected chi connectivity index (χ4v) is 5.45. The number of rotatable bonds is 8. The van der Waals surface area contributed by atoms with Gasteiger partial charge in [-0.25, -0.2) is 0 Å². The van der Waals surface area contributed by atoms with Gasteiger partial charge in [-0.2, -0.15) is 0 Å². The molecule has 2 heterocycles. The third-order valence-corrected chi connectivity index (χ3v) is 7.28. The summed E-state index contributed by atoms with van der Waals surface area (Å²) in [5.74, 6) is 0.332. The molecule has 34 heavy (non-hydrogen) atoms. The van der Waals surface area contributed by atoms with Gasteiger partial charge in [0, 0.05) is 44.5 Å². The molecule has 3 N–H and O–H groups in total. The van der Waals surface area contributed by atoms with Crippen molar-refractivity contribution in [3.8, 4) is 0 Å². The molecule has 2 fully saturated rings. The predicted molar refractivity (Wildman–Crippen MR) is 138 cm³/mol. The molecule has 2 aliphatic rings. The van der Waals surface area contributed by atoms with Gasteiger partial charge in [-0.05, 0) is 42.0 Å². The Bertz CT molecular complexity index is 1030. The lowest BCUT2D eigenvalue weighted by molar-refractivity contribution is 0.0660. The van der Waals surface area contributed by atoms with Crippen LogP contribution in [0.1, 0.15) is 40.4 Å². The number of hydrogen-bond donors (Lipinski definition) is 2. The highest BCUT2D eigenvalue weighted by Gasteiger charge is 2.34. The number of amides is 1. The summed E-state index contributed by atoms with van der Waals surface area (Å²) >= 11 is 0. The minimum atomic E-state index is -0.352. The molecule has 1 amide bonds. The quantitative estimate of drug-likeness (QED) is 0.539. The number of nitrogens with two attached hydrogens (primary N) is 1. The molecule has 0 atom stereocenters. The van der Waals surface area contributed by atoms with Crippen LogP contribution in [0.5, 0.6) is 0 Å². The molecule has 0 radical (unpaired) electrons. The van der Waals surface area contributed by atoms with Crippen LogP contribution in [0.15, 0.2) is 84.9 Å². The predicted octanol–water partition coefficient (Wildman–Crippen LogP) is 4.07. The summed E-state index contributed by atoms with van der Waals surface area (Å²) < 4.78 is 0. The molecule has 0 bridgehead atoms. The Labute approximate surface area is 202 Å². The van der Waals surface area contributed by atoms with Crippen molar-refractivity contribution in [3.63, 3.8) is 0 Å². The monoisotopic (exact) mass is 454 g/mol. The Hall–Kier alpha value is -3.15. The third-order valence-electron chi connectivity index (χ3n) is 7.28. The van der Waals surface area contributed by atoms with Gasteiger partial charge in [-0.3, -0.25) is 9.69 Å². The Morgan fingerprint density at radius 3 is 2.00 bits per heavy atom. The first-order chi connectivity index (χ1) is 16.7. The van der Waals surface area contributed by atoms with Crippen molar-refractivity contribution in [3.05, 3.63) is 102 Å². The number of hydrogen-bond acceptors (Lipinski definition) is 4. The first-order valence-corrected chi connectivity index (χ1v) is 12.4. The van der Waals surface area contributed by atoms with Gasteiger partial charge in [-0.15, -0.1) is 0 Å². The van der Waals surface area contributed by atoms with Crippen LogP contribution in [-0.2, 0) is 0 Å². The van der Waals surface area contributed by atoms with E-state index in [1.807, 2.05) is 24.3 Å². The molecule has 3 aromatic rings. The van der Waals surface area contributed by atoms with Crippen molar-refractivity contribution in [2.75, 3.05) is 37.6 Å². The molecule has 5 heteroatoms. The van der Waals surface area contributed by atoms with E-state index in [1.165, 1.54) is 11.1 Å². The average molecular weight is 455 g/mol. The van der Waals surface area contributed by atoms with E-state index in [0.29, 0.717) is 23.6 Å². The van der Waals surface area contributed by atoms with Gasteiger partial charge in [-0.1, -0.05) is 72.8 Å². The van der Waals surface area contributed by atoms with Gasteiger partial charge in [0.1, 0.15) is 0 Å². The van der Waals surface area contributed by atoms with Gasteiger partial charge in [0.2, 0.25) is 0 Å². The van der Waals surface area contributed by atoms with E-state index in [9.17, 15) is 4.79 Å². The van der Waals surface area contributed by atoms with Gasteiger partial charge in [0.05, 0.1) is 11.6 Å². The van der Waals surface area contributed by atoms with Crippen molar-refractivity contribution >= 4 is 11.6 Å². The van der Waals surface area contributed by atoms with E-state index >= 15 is 0 Å². The van der Waals surface area contributed by atoms with E-state index in [-0.39, 0.29) is 5.91 Å². The number of anilines is 1. The summed E-state index contributed by atoms with van der Waals surface area (Å²) in [6.45, 7) is 5.19. The Kier molecular flexibility index (Phi) is 6.93. The third kappa shape index (κ3) is 5.01. The van der Waals surface area contributed by atoms with E-state index in [1.54, 1.807) is 0 Å². The van der Waals surface area contributed by atoms with E-state index in [0.717, 1.165) is 51.3 Å². The molecule has 0 spiro atoms. The van der Waals surface area contributed by atoms with Gasteiger partial charge in [0.25, 0.3) is 5.91 Å². The number of carbonyl (C=O) groups is 1. The summed E-state index contributed by atoms with van der Waals surface area (Å²) in [6.07, 6.45) is 2.17. The molecule has 3 aromatic carbocycles. The van der Waals surface area contributed by atoms with E-state index in [2.05, 4.69) is 75.8 Å². The van der Waals surface area contributed by atoms with Crippen LogP contribution in [0.3, 0.4) is 0 Å². The number of primary amides is 1. The van der Waals surface area contributed by atoms with Crippen LogP contribution < -0.4 is 16.0 Å². The zero-order valence-corrected chi connectivity index (χ0v) is 19.6. The number of carbonyl (C=O) groups excluding carboxylic acids is 1. The minimum absolute atomic E-state index is 0.326. The number of benzene rings is 3. The lowest BCUT2D eigenvalue weighted by Crippen LogP contribution is -2.54. The van der Waals surface area contributed by atoms with Crippen molar-refractivity contribution in [2.24, 2.45) is 11.7 Å². The molecular formula is C29H34N4O. The zero-order valence-electron chi connectivity index (χ0n) is 19.6. The topological polar surface area (TPSA) is 61.6 Å². The fraction of sp³-hybridized carbons (Fsp3) is 0.345. The minimum Gasteiger partial charge on any atom is -0.371 e. The molecule has 2 aliphatic heterocycles. The average Bonchev–Trinajstić information content (AvgIpc) is 2.86. The zero-order chi connectivity index (χ0) is 23.3. The van der Waals surface area contributed by atoms with Crippen molar-refractivity contribution in [1.82, 2.24) is 10.2 Å². The first kappa shape index (κ1) is 22.6. The fourth-order valence-electron chi connectivity index (χ4n) is 5.45. The second-order valence-electron chi connectivity index (χ2n) is 9.59. The van der Waals surface area contributed by atoms with Crippen LogP contribution in [-0.4, -0.2) is 49.6 Å². The number of nitrogens with one attached hydrogen (secondary N) is 1. The van der Waals surface area contributed by atoms with Crippen LogP contribution in [0.4, 0.5) is 5.69 Å². The summed E-state index contributed by atoms with van der Waals surface area (Å²) in [4.78, 5) is 16.7. The molecule has 0 aromatic heterocycles. The molecule has 0 saturated carbocycles. The summed E-state index contributed by atoms with van der Waals surface area (Å²) in [5.41, 5.74) is 9.89. The summed E-state index contributed by atoms with van der Waals surface area (Å²) in [5, 5.41) is 3.83. The maximum absolute atomic E-state index is 11.8. The first-order valence-electron chi connectivity index (χ1n) is 12.4. The largest absolute Gasteiger partial charge is 0.371 e. The van der Waals surface area contributed by atoms with Gasteiger partial charge < -0.3 is 16.0 Å². The van der Waals surface area contributed by atoms with Crippen LogP contribution >= 0.6 is 0 Å². The second-order valence-corrected chi connectivity index (χ2v) is 9.59. The maximum atomic E-state index is 11.8. The molecule has 5 nitrogen and oxygen atoms in total. The molecule has 2 saturated heterocycles. The van der Waals surface area contributed by atoms with E-state index in [4.69, 9.17) is 5.73 Å². The summed E-state index contributed by atoms with van der Waals surface area (Å²) in [6, 6.07) is 30.2. The molecule has 0 aliphatic carbocycles. The maximum Gasteiger partial charge on any atom is 0.250 e. The highest BCUT2D eigenvalue weighted by molar-refractivity contribution is 5.98. The molecular weight excluding hydrogens is 420 g/mol. The standard InChI is InChI=1S/C29H34N4O/c30-29(34)26-13-7-8-14-27(26)32-17-15-25(16-18-32)31-19-22-20-33(21-22)28(23-9-3-1-4-10-23)24-11-5-2-6-12-24/h1-14,22,25,28,31H,15-21H2,(H2,30,34). The summed E-state index contributed by atoms with van der Waals surface area (Å²) in [7, 11) is 0. The highest BCUT2D eigenvalue weighted by Crippen LogP contribution is 2.34. The molecule has 0 unspecified atom stereocenters. The van der Waals surface area contributed by atoms with Crippen molar-refractivity contribution in [1.29, 1.82) is 0 Å². The number of para-hydroxylation sites is 1. The van der Waals surface area contributed by atoms with Crippen molar-refractivity contribution in [2.45, 2.75) is 24.9 Å². The van der Waals surface area contributed by atoms with E-state index < -0.39 is 0 Å².